The summed E-state index contributed by atoms with van der Waals surface area (Å²) in [5.41, 5.74) is -0.184. The molecule has 19 heavy (non-hydrogen) atoms. The van der Waals surface area contributed by atoms with Crippen LogP contribution >= 0.6 is 0 Å². The van der Waals surface area contributed by atoms with Gasteiger partial charge in [0, 0.05) is 12.8 Å². The number of halogens is 3. The smallest absolute Gasteiger partial charge is 0.416 e. The summed E-state index contributed by atoms with van der Waals surface area (Å²) in [5.74, 6) is -1.20. The van der Waals surface area contributed by atoms with Gasteiger partial charge in [0.25, 0.3) is 0 Å². The Hall–Kier alpha value is -1.76. The van der Waals surface area contributed by atoms with Crippen LogP contribution in [0.1, 0.15) is 11.1 Å². The summed E-state index contributed by atoms with van der Waals surface area (Å²) in [4.78, 5) is 10.9. The van der Waals surface area contributed by atoms with Crippen LogP contribution in [0.15, 0.2) is 18.2 Å². The van der Waals surface area contributed by atoms with E-state index >= 15 is 0 Å². The van der Waals surface area contributed by atoms with Gasteiger partial charge in [-0.2, -0.15) is 13.2 Å². The maximum absolute atomic E-state index is 12.6. The van der Waals surface area contributed by atoms with E-state index in [-0.39, 0.29) is 12.3 Å². The molecule has 1 rings (SSSR count). The summed E-state index contributed by atoms with van der Waals surface area (Å²) in [5, 5.41) is 11.5. The minimum absolute atomic E-state index is 0.124. The van der Waals surface area contributed by atoms with Crippen molar-refractivity contribution in [2.75, 3.05) is 19.0 Å². The van der Waals surface area contributed by atoms with Crippen molar-refractivity contribution in [1.82, 2.24) is 0 Å². The quantitative estimate of drug-likeness (QED) is 0.868. The maximum Gasteiger partial charge on any atom is 0.416 e. The van der Waals surface area contributed by atoms with Gasteiger partial charge in [-0.15, -0.1) is 0 Å². The zero-order chi connectivity index (χ0) is 14.6. The number of carboxylic acids is 1. The maximum atomic E-state index is 12.6. The van der Waals surface area contributed by atoms with E-state index in [1.165, 1.54) is 13.2 Å². The number of hydrogen-bond donors (Lipinski definition) is 2. The molecule has 2 N–H and O–H groups in total. The number of anilines is 1. The van der Waals surface area contributed by atoms with Crippen molar-refractivity contribution in [3.63, 3.8) is 0 Å². The average molecular weight is 277 g/mol. The lowest BCUT2D eigenvalue weighted by Gasteiger charge is -2.18. The number of methoxy groups -OCH3 is 1. The van der Waals surface area contributed by atoms with E-state index in [9.17, 15) is 18.0 Å². The largest absolute Gasteiger partial charge is 0.480 e. The number of nitrogens with one attached hydrogen (secondary N) is 1. The molecule has 0 fully saturated rings. The number of aliphatic carboxylic acids is 1. The summed E-state index contributed by atoms with van der Waals surface area (Å²) in [6, 6.07) is 2.02. The van der Waals surface area contributed by atoms with Crippen LogP contribution in [0.5, 0.6) is 0 Å². The molecular formula is C12H14F3NO3. The lowest BCUT2D eigenvalue weighted by molar-refractivity contribution is -0.139. The van der Waals surface area contributed by atoms with Crippen LogP contribution in [0.4, 0.5) is 18.9 Å². The fraction of sp³-hybridized carbons (Fsp3) is 0.417. The van der Waals surface area contributed by atoms with Gasteiger partial charge in [-0.05, 0) is 24.6 Å². The fourth-order valence-corrected chi connectivity index (χ4v) is 1.48. The first-order valence-electron chi connectivity index (χ1n) is 5.42. The molecule has 0 bridgehead atoms. The zero-order valence-electron chi connectivity index (χ0n) is 10.4. The van der Waals surface area contributed by atoms with Crippen LogP contribution in [0.2, 0.25) is 0 Å². The first kappa shape index (κ1) is 15.3. The Morgan fingerprint density at radius 1 is 1.47 bits per heavy atom. The van der Waals surface area contributed by atoms with Gasteiger partial charge >= 0.3 is 12.1 Å². The predicted molar refractivity (Wildman–Crippen MR) is 63.1 cm³/mol. The van der Waals surface area contributed by atoms with E-state index in [0.717, 1.165) is 12.1 Å². The highest BCUT2D eigenvalue weighted by molar-refractivity contribution is 5.78. The van der Waals surface area contributed by atoms with Crippen LogP contribution in [0.3, 0.4) is 0 Å². The van der Waals surface area contributed by atoms with E-state index in [2.05, 4.69) is 5.32 Å². The van der Waals surface area contributed by atoms with E-state index in [1.54, 1.807) is 6.92 Å². The second-order valence-electron chi connectivity index (χ2n) is 4.02. The zero-order valence-corrected chi connectivity index (χ0v) is 10.4. The van der Waals surface area contributed by atoms with Gasteiger partial charge in [0.2, 0.25) is 0 Å². The molecule has 0 heterocycles. The number of rotatable bonds is 5. The van der Waals surface area contributed by atoms with Crippen LogP contribution in [-0.2, 0) is 15.7 Å². The van der Waals surface area contributed by atoms with Crippen molar-refractivity contribution in [3.8, 4) is 0 Å². The number of ether oxygens (including phenoxy) is 1. The molecule has 0 aromatic heterocycles. The Kier molecular flexibility index (Phi) is 4.77. The summed E-state index contributed by atoms with van der Waals surface area (Å²) in [6.07, 6.45) is -4.47. The molecule has 1 aromatic rings. The highest BCUT2D eigenvalue weighted by Crippen LogP contribution is 2.32. The van der Waals surface area contributed by atoms with Crippen LogP contribution < -0.4 is 5.32 Å². The normalized spacial score (nSPS) is 13.1. The molecule has 1 unspecified atom stereocenters. The summed E-state index contributed by atoms with van der Waals surface area (Å²) in [7, 11) is 1.32. The van der Waals surface area contributed by atoms with Gasteiger partial charge in [0.1, 0.15) is 6.04 Å². The first-order chi connectivity index (χ1) is 8.75. The van der Waals surface area contributed by atoms with Crippen molar-refractivity contribution >= 4 is 11.7 Å². The van der Waals surface area contributed by atoms with Crippen LogP contribution in [0, 0.1) is 6.92 Å². The topological polar surface area (TPSA) is 58.6 Å². The molecule has 0 saturated heterocycles. The molecule has 0 saturated carbocycles. The molecule has 0 aliphatic carbocycles. The lowest BCUT2D eigenvalue weighted by Crippen LogP contribution is -2.34. The average Bonchev–Trinajstić information content (AvgIpc) is 2.29. The molecule has 106 valence electrons. The molecule has 1 aromatic carbocycles. The van der Waals surface area contributed by atoms with Crippen molar-refractivity contribution in [2.24, 2.45) is 0 Å². The summed E-state index contributed by atoms with van der Waals surface area (Å²) < 4.78 is 42.4. The van der Waals surface area contributed by atoms with E-state index in [4.69, 9.17) is 9.84 Å². The summed E-state index contributed by atoms with van der Waals surface area (Å²) in [6.45, 7) is 1.44. The van der Waals surface area contributed by atoms with E-state index in [0.29, 0.717) is 5.56 Å². The molecule has 4 nitrogen and oxygen atoms in total. The third kappa shape index (κ3) is 4.13. The van der Waals surface area contributed by atoms with Gasteiger partial charge in [-0.25, -0.2) is 4.79 Å². The van der Waals surface area contributed by atoms with Crippen molar-refractivity contribution < 1.29 is 27.8 Å². The fourth-order valence-electron chi connectivity index (χ4n) is 1.48. The minimum atomic E-state index is -4.47. The van der Waals surface area contributed by atoms with Crippen LogP contribution in [0.25, 0.3) is 0 Å². The Morgan fingerprint density at radius 2 is 2.11 bits per heavy atom. The van der Waals surface area contributed by atoms with Crippen LogP contribution in [-0.4, -0.2) is 30.8 Å². The minimum Gasteiger partial charge on any atom is -0.480 e. The number of carboxylic acid groups (broad SMARTS) is 1. The van der Waals surface area contributed by atoms with Crippen molar-refractivity contribution in [1.29, 1.82) is 0 Å². The summed E-state index contributed by atoms with van der Waals surface area (Å²) >= 11 is 0. The number of hydrogen-bond acceptors (Lipinski definition) is 3. The van der Waals surface area contributed by atoms with Crippen molar-refractivity contribution in [3.05, 3.63) is 29.3 Å². The predicted octanol–water partition coefficient (Wildman–Crippen LogP) is 2.53. The molecule has 0 aliphatic rings. The molecule has 7 heteroatoms. The molecule has 0 radical (unpaired) electrons. The monoisotopic (exact) mass is 277 g/mol. The molecule has 1 atom stereocenters. The lowest BCUT2D eigenvalue weighted by atomic mass is 10.1. The first-order valence-corrected chi connectivity index (χ1v) is 5.42. The highest BCUT2D eigenvalue weighted by Gasteiger charge is 2.31. The third-order valence-electron chi connectivity index (χ3n) is 2.53. The Morgan fingerprint density at radius 3 is 2.58 bits per heavy atom. The standard InChI is InChI=1S/C12H14F3NO3/c1-7-3-4-8(12(13,14)15)5-9(7)16-10(6-19-2)11(17)18/h3-5,10,16H,6H2,1-2H3,(H,17,18). The number of aryl methyl sites for hydroxylation is 1. The Bertz CT molecular complexity index is 460. The number of alkyl halides is 3. The molecule has 0 amide bonds. The van der Waals surface area contributed by atoms with Gasteiger partial charge < -0.3 is 15.2 Å². The molecule has 0 spiro atoms. The SMILES string of the molecule is COCC(Nc1cc(C(F)(F)F)ccc1C)C(=O)O. The van der Waals surface area contributed by atoms with Gasteiger partial charge in [-0.3, -0.25) is 0 Å². The van der Waals surface area contributed by atoms with Gasteiger partial charge in [-0.1, -0.05) is 6.07 Å². The van der Waals surface area contributed by atoms with E-state index < -0.39 is 23.8 Å². The van der Waals surface area contributed by atoms with Gasteiger partial charge in [0.05, 0.1) is 12.2 Å². The number of benzene rings is 1. The highest BCUT2D eigenvalue weighted by atomic mass is 19.4. The second kappa shape index (κ2) is 5.92. The Labute approximate surface area is 108 Å². The third-order valence-corrected chi connectivity index (χ3v) is 2.53. The Balaban J connectivity index is 3.02. The van der Waals surface area contributed by atoms with Gasteiger partial charge in [0.15, 0.2) is 0 Å². The molecule has 0 aliphatic heterocycles. The van der Waals surface area contributed by atoms with Crippen molar-refractivity contribution in [2.45, 2.75) is 19.1 Å². The second-order valence-corrected chi connectivity index (χ2v) is 4.02. The molecular weight excluding hydrogens is 263 g/mol. The van der Waals surface area contributed by atoms with E-state index in [1.807, 2.05) is 0 Å². The number of carbonyl (C=O) groups is 1.